The number of H-pyrrole nitrogens is 1. The zero-order chi connectivity index (χ0) is 18.0. The molecule has 0 saturated carbocycles. The molecule has 0 atom stereocenters. The topological polar surface area (TPSA) is 121 Å². The predicted octanol–water partition coefficient (Wildman–Crippen LogP) is -0.0525. The van der Waals surface area contributed by atoms with Crippen LogP contribution in [0.25, 0.3) is 5.78 Å². The molecule has 10 heteroatoms. The van der Waals surface area contributed by atoms with Crippen LogP contribution in [0.2, 0.25) is 0 Å². The van der Waals surface area contributed by atoms with E-state index in [1.807, 2.05) is 13.8 Å². The van der Waals surface area contributed by atoms with Crippen LogP contribution in [0, 0.1) is 13.8 Å². The average Bonchev–Trinajstić information content (AvgIpc) is 3.09. The molecule has 0 bridgehead atoms. The Labute approximate surface area is 142 Å². The zero-order valence-corrected chi connectivity index (χ0v) is 14.0. The van der Waals surface area contributed by atoms with Gasteiger partial charge >= 0.3 is 0 Å². The Morgan fingerprint density at radius 3 is 2.80 bits per heavy atom. The molecule has 0 unspecified atom stereocenters. The number of nitrogens with zero attached hydrogens (tertiary/aromatic N) is 6. The van der Waals surface area contributed by atoms with Crippen molar-refractivity contribution in [2.24, 2.45) is 0 Å². The molecule has 1 aliphatic rings. The summed E-state index contributed by atoms with van der Waals surface area (Å²) < 4.78 is 3.42. The van der Waals surface area contributed by atoms with Crippen LogP contribution in [-0.2, 0) is 24.4 Å². The number of carbonyl (C=O) groups is 1. The van der Waals surface area contributed by atoms with Crippen molar-refractivity contribution in [3.63, 3.8) is 0 Å². The molecule has 0 saturated heterocycles. The third kappa shape index (κ3) is 3.58. The Bertz CT molecular complexity index is 956. The molecule has 132 valence electrons. The lowest BCUT2D eigenvalue weighted by molar-refractivity contribution is -0.122. The fourth-order valence-corrected chi connectivity index (χ4v) is 2.94. The van der Waals surface area contributed by atoms with Gasteiger partial charge in [0.2, 0.25) is 0 Å². The molecule has 10 nitrogen and oxygen atoms in total. The second kappa shape index (κ2) is 6.85. The fourth-order valence-electron chi connectivity index (χ4n) is 2.94. The Morgan fingerprint density at radius 1 is 1.28 bits per heavy atom. The maximum absolute atomic E-state index is 12.1. The van der Waals surface area contributed by atoms with Crippen LogP contribution in [0.15, 0.2) is 16.9 Å². The molecule has 25 heavy (non-hydrogen) atoms. The van der Waals surface area contributed by atoms with Crippen LogP contribution >= 0.6 is 0 Å². The van der Waals surface area contributed by atoms with E-state index in [1.165, 1.54) is 10.2 Å². The quantitative estimate of drug-likeness (QED) is 0.624. The van der Waals surface area contributed by atoms with E-state index in [1.54, 1.807) is 6.07 Å². The van der Waals surface area contributed by atoms with Crippen molar-refractivity contribution in [1.29, 1.82) is 0 Å². The minimum Gasteiger partial charge on any atom is -0.483 e. The van der Waals surface area contributed by atoms with Crippen molar-refractivity contribution in [1.82, 2.24) is 34.3 Å². The molecule has 0 aliphatic carbocycles. The van der Waals surface area contributed by atoms with Gasteiger partial charge in [-0.3, -0.25) is 24.3 Å². The lowest BCUT2D eigenvalue weighted by Crippen LogP contribution is -2.34. The second-order valence-corrected chi connectivity index (χ2v) is 5.85. The van der Waals surface area contributed by atoms with Crippen molar-refractivity contribution in [3.05, 3.63) is 45.4 Å². The predicted molar refractivity (Wildman–Crippen MR) is 88.1 cm³/mol. The first-order valence-corrected chi connectivity index (χ1v) is 7.79. The number of fused-ring (bicyclic) bond motifs is 2. The first-order chi connectivity index (χ1) is 12.0. The Hall–Kier alpha value is -3.01. The van der Waals surface area contributed by atoms with E-state index in [2.05, 4.69) is 35.8 Å². The van der Waals surface area contributed by atoms with Crippen molar-refractivity contribution < 1.29 is 9.90 Å². The van der Waals surface area contributed by atoms with Gasteiger partial charge in [-0.25, -0.2) is 4.98 Å². The van der Waals surface area contributed by atoms with E-state index in [0.717, 1.165) is 31.0 Å². The van der Waals surface area contributed by atoms with E-state index in [9.17, 15) is 4.79 Å². The normalized spacial score (nSPS) is 14.0. The third-order valence-electron chi connectivity index (χ3n) is 3.88. The number of hydrogen-bond acceptors (Lipinski definition) is 6. The molecule has 3 aromatic heterocycles. The van der Waals surface area contributed by atoms with Crippen LogP contribution in [-0.4, -0.2) is 52.4 Å². The highest BCUT2D eigenvalue weighted by Crippen LogP contribution is 2.15. The van der Waals surface area contributed by atoms with Gasteiger partial charge in [-0.2, -0.15) is 14.6 Å². The van der Waals surface area contributed by atoms with E-state index in [0.29, 0.717) is 18.1 Å². The highest BCUT2D eigenvalue weighted by molar-refractivity contribution is 5.32. The van der Waals surface area contributed by atoms with Crippen molar-refractivity contribution in [2.45, 2.75) is 33.5 Å². The summed E-state index contributed by atoms with van der Waals surface area (Å²) in [4.78, 5) is 31.4. The second-order valence-electron chi connectivity index (χ2n) is 5.85. The largest absolute Gasteiger partial charge is 0.483 e. The van der Waals surface area contributed by atoms with Crippen LogP contribution in [0.1, 0.15) is 22.9 Å². The molecule has 0 fully saturated rings. The summed E-state index contributed by atoms with van der Waals surface area (Å²) in [6, 6.07) is 3.68. The van der Waals surface area contributed by atoms with E-state index in [4.69, 9.17) is 9.90 Å². The SMILES string of the molecule is Cc1cc2n(n1)CCN(Cc1cc(=O)n3[nH]c(C)nc3n1)C2.O=CO. The van der Waals surface area contributed by atoms with E-state index < -0.39 is 0 Å². The van der Waals surface area contributed by atoms with Crippen LogP contribution < -0.4 is 5.56 Å². The average molecular weight is 345 g/mol. The maximum atomic E-state index is 12.1. The van der Waals surface area contributed by atoms with Gasteiger partial charge in [-0.05, 0) is 19.9 Å². The van der Waals surface area contributed by atoms with Crippen LogP contribution in [0.5, 0.6) is 0 Å². The van der Waals surface area contributed by atoms with Crippen LogP contribution in [0.3, 0.4) is 0 Å². The molecule has 2 N–H and O–H groups in total. The number of rotatable bonds is 2. The van der Waals surface area contributed by atoms with Gasteiger partial charge < -0.3 is 5.11 Å². The standard InChI is InChI=1S/C14H17N7O.CH2O2/c1-9-5-12-8-19(3-4-20(12)17-9)7-11-6-13(22)21-14(16-11)15-10(2)18-21;2-1-3/h5-6H,3-4,7-8H2,1-2H3,(H,15,16,18);1H,(H,2,3). The summed E-state index contributed by atoms with van der Waals surface area (Å²) in [5, 5.41) is 14.2. The summed E-state index contributed by atoms with van der Waals surface area (Å²) in [5.41, 5.74) is 2.87. The Balaban J connectivity index is 0.000000569. The number of aromatic amines is 1. The minimum absolute atomic E-state index is 0.126. The lowest BCUT2D eigenvalue weighted by Gasteiger charge is -2.27. The molecule has 0 aromatic carbocycles. The number of aromatic nitrogens is 6. The summed E-state index contributed by atoms with van der Waals surface area (Å²) in [5.74, 6) is 1.11. The van der Waals surface area contributed by atoms with Gasteiger partial charge in [0.25, 0.3) is 17.8 Å². The monoisotopic (exact) mass is 345 g/mol. The highest BCUT2D eigenvalue weighted by Gasteiger charge is 2.18. The summed E-state index contributed by atoms with van der Waals surface area (Å²) in [7, 11) is 0. The molecule has 4 rings (SSSR count). The number of aryl methyl sites for hydroxylation is 2. The number of nitrogens with one attached hydrogen (secondary N) is 1. The Kier molecular flexibility index (Phi) is 4.61. The summed E-state index contributed by atoms with van der Waals surface area (Å²) >= 11 is 0. The maximum Gasteiger partial charge on any atom is 0.290 e. The van der Waals surface area contributed by atoms with E-state index in [-0.39, 0.29) is 12.0 Å². The molecular formula is C15H19N7O3. The van der Waals surface area contributed by atoms with Crippen LogP contribution in [0.4, 0.5) is 0 Å². The molecular weight excluding hydrogens is 326 g/mol. The molecule has 0 amide bonds. The molecule has 0 radical (unpaired) electrons. The number of carboxylic acid groups (broad SMARTS) is 1. The summed E-state index contributed by atoms with van der Waals surface area (Å²) in [6.07, 6.45) is 0. The first-order valence-electron chi connectivity index (χ1n) is 7.79. The van der Waals surface area contributed by atoms with Crippen molar-refractivity contribution >= 4 is 12.2 Å². The van der Waals surface area contributed by atoms with Gasteiger partial charge in [-0.15, -0.1) is 0 Å². The molecule has 4 heterocycles. The van der Waals surface area contributed by atoms with Gasteiger partial charge in [0, 0.05) is 25.7 Å². The summed E-state index contributed by atoms with van der Waals surface area (Å²) in [6.45, 7) is 6.79. The zero-order valence-electron chi connectivity index (χ0n) is 14.0. The first kappa shape index (κ1) is 16.8. The third-order valence-corrected chi connectivity index (χ3v) is 3.88. The van der Waals surface area contributed by atoms with Gasteiger partial charge in [0.1, 0.15) is 5.82 Å². The van der Waals surface area contributed by atoms with Gasteiger partial charge in [-0.1, -0.05) is 0 Å². The molecule has 0 spiro atoms. The number of hydrogen-bond donors (Lipinski definition) is 2. The van der Waals surface area contributed by atoms with Gasteiger partial charge in [0.05, 0.1) is 23.6 Å². The Morgan fingerprint density at radius 2 is 2.04 bits per heavy atom. The van der Waals surface area contributed by atoms with Crippen molar-refractivity contribution in [2.75, 3.05) is 6.54 Å². The highest BCUT2D eigenvalue weighted by atomic mass is 16.3. The van der Waals surface area contributed by atoms with E-state index >= 15 is 0 Å². The molecule has 3 aromatic rings. The van der Waals surface area contributed by atoms with Gasteiger partial charge in [0.15, 0.2) is 0 Å². The minimum atomic E-state index is -0.250. The van der Waals surface area contributed by atoms with Crippen molar-refractivity contribution in [3.8, 4) is 0 Å². The fraction of sp³-hybridized carbons (Fsp3) is 0.400. The smallest absolute Gasteiger partial charge is 0.290 e. The lowest BCUT2D eigenvalue weighted by atomic mass is 10.2. The molecule has 1 aliphatic heterocycles.